The first kappa shape index (κ1) is 14.1. The lowest BCUT2D eigenvalue weighted by atomic mass is 10.3. The molecule has 0 spiro atoms. The van der Waals surface area contributed by atoms with Gasteiger partial charge in [-0.1, -0.05) is 18.2 Å². The first-order valence-electron chi connectivity index (χ1n) is 7.27. The molecule has 0 radical (unpaired) electrons. The molecular weight excluding hydrogens is 354 g/mol. The van der Waals surface area contributed by atoms with Crippen LogP contribution in [0.1, 0.15) is 5.76 Å². The van der Waals surface area contributed by atoms with Crippen LogP contribution < -0.4 is 5.32 Å². The first-order valence-corrected chi connectivity index (χ1v) is 8.06. The number of pyridine rings is 1. The summed E-state index contributed by atoms with van der Waals surface area (Å²) in [6.07, 6.45) is 1.99. The largest absolute Gasteiger partial charge is 0.460 e. The lowest BCUT2D eigenvalue weighted by molar-refractivity contribution is 0.547. The van der Waals surface area contributed by atoms with Gasteiger partial charge in [-0.2, -0.15) is 0 Å². The standard InChI is InChI=1S/C18H14BrN3O/c1-12-7-9-15(23-12)17-18(20-14-5-3-2-4-6-14)22-11-13(19)8-10-16(22)21-17/h2-11,20H,1H3. The Morgan fingerprint density at radius 1 is 1.04 bits per heavy atom. The second kappa shape index (κ2) is 5.59. The number of imidazole rings is 1. The molecule has 4 aromatic rings. The first-order chi connectivity index (χ1) is 11.2. The van der Waals surface area contributed by atoms with Crippen molar-refractivity contribution < 1.29 is 4.42 Å². The van der Waals surface area contributed by atoms with Crippen LogP contribution in [0.4, 0.5) is 11.5 Å². The van der Waals surface area contributed by atoms with Gasteiger partial charge in [0.05, 0.1) is 0 Å². The minimum Gasteiger partial charge on any atom is -0.460 e. The minimum atomic E-state index is 0.751. The van der Waals surface area contributed by atoms with Crippen LogP contribution in [-0.2, 0) is 0 Å². The highest BCUT2D eigenvalue weighted by molar-refractivity contribution is 9.10. The van der Waals surface area contributed by atoms with E-state index < -0.39 is 0 Å². The van der Waals surface area contributed by atoms with E-state index in [-0.39, 0.29) is 0 Å². The van der Waals surface area contributed by atoms with Crippen LogP contribution in [0.3, 0.4) is 0 Å². The number of anilines is 2. The van der Waals surface area contributed by atoms with E-state index >= 15 is 0 Å². The number of fused-ring (bicyclic) bond motifs is 1. The predicted octanol–water partition coefficient (Wildman–Crippen LogP) is 5.41. The van der Waals surface area contributed by atoms with Crippen LogP contribution >= 0.6 is 15.9 Å². The Hall–Kier alpha value is -2.53. The molecule has 3 heterocycles. The molecule has 114 valence electrons. The number of furan rings is 1. The third-order valence-corrected chi connectivity index (χ3v) is 4.06. The van der Waals surface area contributed by atoms with Crippen molar-refractivity contribution in [1.82, 2.24) is 9.38 Å². The summed E-state index contributed by atoms with van der Waals surface area (Å²) in [5.41, 5.74) is 2.65. The molecule has 0 aliphatic rings. The molecule has 0 amide bonds. The molecule has 4 nitrogen and oxygen atoms in total. The van der Waals surface area contributed by atoms with Gasteiger partial charge in [-0.3, -0.25) is 4.40 Å². The normalized spacial score (nSPS) is 11.0. The van der Waals surface area contributed by atoms with Gasteiger partial charge in [0.15, 0.2) is 5.76 Å². The molecule has 0 bridgehead atoms. The number of benzene rings is 1. The van der Waals surface area contributed by atoms with Crippen molar-refractivity contribution in [3.63, 3.8) is 0 Å². The lowest BCUT2D eigenvalue weighted by Crippen LogP contribution is -1.96. The van der Waals surface area contributed by atoms with E-state index in [0.29, 0.717) is 0 Å². The summed E-state index contributed by atoms with van der Waals surface area (Å²) in [6, 6.07) is 17.9. The Balaban J connectivity index is 1.92. The third-order valence-electron chi connectivity index (χ3n) is 3.59. The molecule has 4 rings (SSSR count). The molecule has 3 aromatic heterocycles. The number of para-hydroxylation sites is 1. The smallest absolute Gasteiger partial charge is 0.156 e. The molecule has 0 aliphatic heterocycles. The zero-order chi connectivity index (χ0) is 15.8. The van der Waals surface area contributed by atoms with E-state index in [9.17, 15) is 0 Å². The zero-order valence-electron chi connectivity index (χ0n) is 12.5. The topological polar surface area (TPSA) is 42.5 Å². The Morgan fingerprint density at radius 2 is 1.87 bits per heavy atom. The number of aromatic nitrogens is 2. The molecule has 0 saturated heterocycles. The van der Waals surface area contributed by atoms with Gasteiger partial charge in [-0.05, 0) is 59.3 Å². The molecule has 5 heteroatoms. The van der Waals surface area contributed by atoms with Crippen LogP contribution in [0.15, 0.2) is 69.7 Å². The molecule has 0 fully saturated rings. The van der Waals surface area contributed by atoms with Crippen molar-refractivity contribution in [3.8, 4) is 11.5 Å². The highest BCUT2D eigenvalue weighted by atomic mass is 79.9. The highest BCUT2D eigenvalue weighted by Crippen LogP contribution is 2.32. The van der Waals surface area contributed by atoms with E-state index in [1.807, 2.05) is 72.1 Å². The molecule has 0 unspecified atom stereocenters. The van der Waals surface area contributed by atoms with Gasteiger partial charge in [0.2, 0.25) is 0 Å². The van der Waals surface area contributed by atoms with E-state index in [1.54, 1.807) is 0 Å². The maximum absolute atomic E-state index is 5.78. The van der Waals surface area contributed by atoms with Crippen LogP contribution in [0.5, 0.6) is 0 Å². The molecule has 0 atom stereocenters. The van der Waals surface area contributed by atoms with Crippen LogP contribution in [0.25, 0.3) is 17.1 Å². The van der Waals surface area contributed by atoms with Crippen molar-refractivity contribution in [1.29, 1.82) is 0 Å². The predicted molar refractivity (Wildman–Crippen MR) is 95.1 cm³/mol. The van der Waals surface area contributed by atoms with Gasteiger partial charge in [0, 0.05) is 16.4 Å². The maximum Gasteiger partial charge on any atom is 0.156 e. The summed E-state index contributed by atoms with van der Waals surface area (Å²) >= 11 is 3.52. The fraction of sp³-hybridized carbons (Fsp3) is 0.0556. The molecule has 0 saturated carbocycles. The fourth-order valence-corrected chi connectivity index (χ4v) is 2.87. The average Bonchev–Trinajstić information content (AvgIpc) is 3.13. The minimum absolute atomic E-state index is 0.751. The molecule has 1 N–H and O–H groups in total. The van der Waals surface area contributed by atoms with Crippen LogP contribution in [-0.4, -0.2) is 9.38 Å². The van der Waals surface area contributed by atoms with Crippen molar-refractivity contribution in [2.24, 2.45) is 0 Å². The van der Waals surface area contributed by atoms with Gasteiger partial charge in [0.25, 0.3) is 0 Å². The number of halogens is 1. The van der Waals surface area contributed by atoms with E-state index in [2.05, 4.69) is 21.2 Å². The van der Waals surface area contributed by atoms with Crippen molar-refractivity contribution >= 4 is 33.1 Å². The molecule has 23 heavy (non-hydrogen) atoms. The summed E-state index contributed by atoms with van der Waals surface area (Å²) < 4.78 is 8.79. The number of nitrogens with zero attached hydrogens (tertiary/aromatic N) is 2. The Bertz CT molecular complexity index is 973. The van der Waals surface area contributed by atoms with Crippen molar-refractivity contribution in [3.05, 3.63) is 71.0 Å². The Morgan fingerprint density at radius 3 is 2.61 bits per heavy atom. The number of hydrogen-bond acceptors (Lipinski definition) is 3. The molecule has 0 aliphatic carbocycles. The number of nitrogens with one attached hydrogen (secondary N) is 1. The second-order valence-corrected chi connectivity index (χ2v) is 6.20. The summed E-state index contributed by atoms with van der Waals surface area (Å²) in [6.45, 7) is 1.93. The SMILES string of the molecule is Cc1ccc(-c2nc3ccc(Br)cn3c2Nc2ccccc2)o1. The fourth-order valence-electron chi connectivity index (χ4n) is 2.53. The summed E-state index contributed by atoms with van der Waals surface area (Å²) in [5.74, 6) is 2.49. The number of aryl methyl sites for hydroxylation is 1. The summed E-state index contributed by atoms with van der Waals surface area (Å²) in [7, 11) is 0. The van der Waals surface area contributed by atoms with Gasteiger partial charge in [0.1, 0.15) is 22.9 Å². The molecular formula is C18H14BrN3O. The highest BCUT2D eigenvalue weighted by Gasteiger charge is 2.17. The lowest BCUT2D eigenvalue weighted by Gasteiger charge is -2.08. The summed E-state index contributed by atoms with van der Waals surface area (Å²) in [4.78, 5) is 4.72. The van der Waals surface area contributed by atoms with Crippen molar-refractivity contribution in [2.45, 2.75) is 6.92 Å². The van der Waals surface area contributed by atoms with E-state index in [4.69, 9.17) is 9.40 Å². The van der Waals surface area contributed by atoms with Gasteiger partial charge in [-0.15, -0.1) is 0 Å². The average molecular weight is 368 g/mol. The summed E-state index contributed by atoms with van der Waals surface area (Å²) in [5, 5.41) is 3.45. The third kappa shape index (κ3) is 2.64. The van der Waals surface area contributed by atoms with Crippen molar-refractivity contribution in [2.75, 3.05) is 5.32 Å². The van der Waals surface area contributed by atoms with E-state index in [0.717, 1.165) is 38.8 Å². The number of rotatable bonds is 3. The monoisotopic (exact) mass is 367 g/mol. The van der Waals surface area contributed by atoms with E-state index in [1.165, 1.54) is 0 Å². The Labute approximate surface area is 141 Å². The van der Waals surface area contributed by atoms with Gasteiger partial charge >= 0.3 is 0 Å². The van der Waals surface area contributed by atoms with Crippen LogP contribution in [0, 0.1) is 6.92 Å². The number of hydrogen-bond donors (Lipinski definition) is 1. The van der Waals surface area contributed by atoms with Crippen LogP contribution in [0.2, 0.25) is 0 Å². The van der Waals surface area contributed by atoms with Gasteiger partial charge < -0.3 is 9.73 Å². The Kier molecular flexibility index (Phi) is 3.42. The second-order valence-electron chi connectivity index (χ2n) is 5.29. The van der Waals surface area contributed by atoms with Gasteiger partial charge in [-0.25, -0.2) is 4.98 Å². The molecule has 1 aromatic carbocycles. The quantitative estimate of drug-likeness (QED) is 0.526. The zero-order valence-corrected chi connectivity index (χ0v) is 14.0. The maximum atomic E-state index is 5.78.